The van der Waals surface area contributed by atoms with Crippen LogP contribution < -0.4 is 16.2 Å². The summed E-state index contributed by atoms with van der Waals surface area (Å²) in [5.41, 5.74) is 14.4. The maximum absolute atomic E-state index is 14.6. The van der Waals surface area contributed by atoms with Crippen LogP contribution in [0.1, 0.15) is 35.5 Å². The third-order valence-electron chi connectivity index (χ3n) is 4.87. The molecule has 0 atom stereocenters. The van der Waals surface area contributed by atoms with Crippen molar-refractivity contribution >= 4 is 33.7 Å². The fraction of sp³-hybridized carbons (Fsp3) is 0.250. The average molecular weight is 396 g/mol. The number of hydrogen-bond acceptors (Lipinski definition) is 5. The van der Waals surface area contributed by atoms with Gasteiger partial charge in [0.15, 0.2) is 0 Å². The number of amides is 1. The van der Waals surface area contributed by atoms with Gasteiger partial charge in [-0.2, -0.15) is 5.10 Å². The van der Waals surface area contributed by atoms with E-state index in [9.17, 15) is 9.18 Å². The van der Waals surface area contributed by atoms with E-state index in [0.29, 0.717) is 44.6 Å². The van der Waals surface area contributed by atoms with E-state index in [1.165, 1.54) is 6.07 Å². The smallest absolute Gasteiger partial charge is 0.253 e. The van der Waals surface area contributed by atoms with Gasteiger partial charge in [0.05, 0.1) is 34.8 Å². The van der Waals surface area contributed by atoms with Crippen LogP contribution in [0.25, 0.3) is 27.6 Å². The SMILES string of the molecule is Cc1nc2c(cc1OC(C)C)c(C(N)=O)c(N)n2-c1c(C)c(F)cc2[nH]ncc12. The molecule has 4 rings (SSSR count). The number of rotatable bonds is 4. The Morgan fingerprint density at radius 2 is 2.00 bits per heavy atom. The summed E-state index contributed by atoms with van der Waals surface area (Å²) in [6.45, 7) is 7.21. The number of halogens is 1. The van der Waals surface area contributed by atoms with E-state index in [1.807, 2.05) is 13.8 Å². The summed E-state index contributed by atoms with van der Waals surface area (Å²) in [4.78, 5) is 16.9. The van der Waals surface area contributed by atoms with Gasteiger partial charge in [-0.1, -0.05) is 0 Å². The van der Waals surface area contributed by atoms with Crippen molar-refractivity contribution in [2.24, 2.45) is 5.73 Å². The van der Waals surface area contributed by atoms with Gasteiger partial charge < -0.3 is 16.2 Å². The van der Waals surface area contributed by atoms with Crippen LogP contribution in [0.4, 0.5) is 10.2 Å². The summed E-state index contributed by atoms with van der Waals surface area (Å²) in [5.74, 6) is -0.533. The van der Waals surface area contributed by atoms with Crippen molar-refractivity contribution in [3.8, 4) is 11.4 Å². The van der Waals surface area contributed by atoms with Crippen LogP contribution >= 0.6 is 0 Å². The maximum Gasteiger partial charge on any atom is 0.253 e. The first-order valence-electron chi connectivity index (χ1n) is 9.11. The second-order valence-corrected chi connectivity index (χ2v) is 7.23. The number of hydrogen-bond donors (Lipinski definition) is 3. The molecule has 8 nitrogen and oxygen atoms in total. The molecule has 3 aromatic heterocycles. The zero-order valence-electron chi connectivity index (χ0n) is 16.5. The third-order valence-corrected chi connectivity index (χ3v) is 4.87. The Morgan fingerprint density at radius 3 is 2.66 bits per heavy atom. The Kier molecular flexibility index (Phi) is 4.18. The predicted octanol–water partition coefficient (Wildman–Crippen LogP) is 3.13. The van der Waals surface area contributed by atoms with Crippen molar-refractivity contribution in [1.82, 2.24) is 19.7 Å². The maximum atomic E-state index is 14.6. The molecule has 0 aliphatic heterocycles. The highest BCUT2D eigenvalue weighted by Crippen LogP contribution is 2.37. The number of benzene rings is 1. The standard InChI is InChI=1S/C20H21FN6O2/c1-8(2)29-15-5-11-16(19(23)28)18(22)27(20(11)25-10(15)4)17-9(3)13(21)6-14-12(17)7-24-26-14/h5-8H,22H2,1-4H3,(H2,23,28)(H,24,26). The lowest BCUT2D eigenvalue weighted by Crippen LogP contribution is -2.14. The zero-order chi connectivity index (χ0) is 21.0. The number of anilines is 1. The Balaban J connectivity index is 2.16. The van der Waals surface area contributed by atoms with Crippen LogP contribution in [0, 0.1) is 19.7 Å². The van der Waals surface area contributed by atoms with Crippen LogP contribution in [-0.2, 0) is 0 Å². The highest BCUT2D eigenvalue weighted by atomic mass is 19.1. The predicted molar refractivity (Wildman–Crippen MR) is 109 cm³/mol. The molecule has 1 aromatic carbocycles. The third kappa shape index (κ3) is 2.77. The summed E-state index contributed by atoms with van der Waals surface area (Å²) in [6, 6.07) is 3.07. The second-order valence-electron chi connectivity index (χ2n) is 7.23. The number of ether oxygens (including phenoxy) is 1. The van der Waals surface area contributed by atoms with Crippen molar-refractivity contribution < 1.29 is 13.9 Å². The van der Waals surface area contributed by atoms with Gasteiger partial charge in [-0.15, -0.1) is 0 Å². The second kappa shape index (κ2) is 6.47. The molecule has 0 spiro atoms. The van der Waals surface area contributed by atoms with Crippen LogP contribution in [-0.4, -0.2) is 31.8 Å². The number of aryl methyl sites for hydroxylation is 1. The molecule has 4 aromatic rings. The van der Waals surface area contributed by atoms with Gasteiger partial charge >= 0.3 is 0 Å². The highest BCUT2D eigenvalue weighted by Gasteiger charge is 2.26. The van der Waals surface area contributed by atoms with Gasteiger partial charge in [-0.25, -0.2) is 9.37 Å². The number of aromatic amines is 1. The summed E-state index contributed by atoms with van der Waals surface area (Å²) in [7, 11) is 0. The van der Waals surface area contributed by atoms with E-state index in [1.54, 1.807) is 30.7 Å². The fourth-order valence-electron chi connectivity index (χ4n) is 3.58. The van der Waals surface area contributed by atoms with Crippen molar-refractivity contribution in [3.05, 3.63) is 41.0 Å². The number of carbonyl (C=O) groups excluding carboxylic acids is 1. The lowest BCUT2D eigenvalue weighted by atomic mass is 10.1. The minimum absolute atomic E-state index is 0.0808. The molecule has 0 saturated heterocycles. The number of carbonyl (C=O) groups is 1. The van der Waals surface area contributed by atoms with Gasteiger partial charge in [0.1, 0.15) is 23.0 Å². The lowest BCUT2D eigenvalue weighted by Gasteiger charge is -2.15. The zero-order valence-corrected chi connectivity index (χ0v) is 16.5. The first-order chi connectivity index (χ1) is 13.7. The molecular weight excluding hydrogens is 375 g/mol. The van der Waals surface area contributed by atoms with E-state index in [-0.39, 0.29) is 17.5 Å². The van der Waals surface area contributed by atoms with E-state index >= 15 is 0 Å². The van der Waals surface area contributed by atoms with Crippen LogP contribution in [0.2, 0.25) is 0 Å². The van der Waals surface area contributed by atoms with Crippen LogP contribution in [0.3, 0.4) is 0 Å². The minimum atomic E-state index is -0.704. The molecule has 150 valence electrons. The molecule has 0 saturated carbocycles. The van der Waals surface area contributed by atoms with Gasteiger partial charge in [0, 0.05) is 16.3 Å². The Bertz CT molecular complexity index is 1290. The van der Waals surface area contributed by atoms with Crippen molar-refractivity contribution in [2.75, 3.05) is 5.73 Å². The first kappa shape index (κ1) is 18.7. The number of fused-ring (bicyclic) bond motifs is 2. The lowest BCUT2D eigenvalue weighted by molar-refractivity contribution is 0.100. The first-order valence-corrected chi connectivity index (χ1v) is 9.11. The Hall–Kier alpha value is -3.62. The molecule has 0 radical (unpaired) electrons. The van der Waals surface area contributed by atoms with Gasteiger partial charge in [0.2, 0.25) is 0 Å². The monoisotopic (exact) mass is 396 g/mol. The van der Waals surface area contributed by atoms with E-state index in [4.69, 9.17) is 16.2 Å². The molecule has 3 heterocycles. The normalized spacial score (nSPS) is 11.7. The molecule has 0 unspecified atom stereocenters. The van der Waals surface area contributed by atoms with E-state index < -0.39 is 11.7 Å². The Morgan fingerprint density at radius 1 is 1.28 bits per heavy atom. The highest BCUT2D eigenvalue weighted by molar-refractivity contribution is 6.12. The number of nitrogens with one attached hydrogen (secondary N) is 1. The number of nitrogens with zero attached hydrogens (tertiary/aromatic N) is 3. The number of nitrogen functional groups attached to an aromatic ring is 1. The summed E-state index contributed by atoms with van der Waals surface area (Å²) >= 11 is 0. The van der Waals surface area contributed by atoms with Gasteiger partial charge in [-0.3, -0.25) is 14.5 Å². The summed E-state index contributed by atoms with van der Waals surface area (Å²) in [5, 5.41) is 7.85. The minimum Gasteiger partial charge on any atom is -0.489 e. The molecule has 29 heavy (non-hydrogen) atoms. The van der Waals surface area contributed by atoms with E-state index in [0.717, 1.165) is 0 Å². The van der Waals surface area contributed by atoms with Crippen molar-refractivity contribution in [1.29, 1.82) is 0 Å². The molecule has 0 aliphatic carbocycles. The molecule has 0 aliphatic rings. The van der Waals surface area contributed by atoms with E-state index in [2.05, 4.69) is 15.2 Å². The number of primary amides is 1. The fourth-order valence-corrected chi connectivity index (χ4v) is 3.58. The van der Waals surface area contributed by atoms with Crippen molar-refractivity contribution in [2.45, 2.75) is 33.8 Å². The number of nitrogens with two attached hydrogens (primary N) is 2. The Labute approximate surface area is 165 Å². The van der Waals surface area contributed by atoms with Gasteiger partial charge in [0.25, 0.3) is 5.91 Å². The number of aromatic nitrogens is 4. The molecule has 0 bridgehead atoms. The molecule has 0 fully saturated rings. The van der Waals surface area contributed by atoms with Crippen molar-refractivity contribution in [3.63, 3.8) is 0 Å². The summed E-state index contributed by atoms with van der Waals surface area (Å²) in [6.07, 6.45) is 1.50. The summed E-state index contributed by atoms with van der Waals surface area (Å²) < 4.78 is 22.0. The number of pyridine rings is 1. The molecular formula is C20H21FN6O2. The molecule has 1 amide bonds. The molecule has 9 heteroatoms. The quantitative estimate of drug-likeness (QED) is 0.489. The average Bonchev–Trinajstić information content (AvgIpc) is 3.18. The number of H-pyrrole nitrogens is 1. The largest absolute Gasteiger partial charge is 0.489 e. The molecule has 5 N–H and O–H groups in total. The van der Waals surface area contributed by atoms with Crippen LogP contribution in [0.5, 0.6) is 5.75 Å². The topological polar surface area (TPSA) is 125 Å². The van der Waals surface area contributed by atoms with Gasteiger partial charge in [-0.05, 0) is 39.8 Å². The van der Waals surface area contributed by atoms with Crippen LogP contribution in [0.15, 0.2) is 18.3 Å².